The molecule has 0 aromatic rings. The van der Waals surface area contributed by atoms with Crippen molar-refractivity contribution >= 4 is 0 Å². The fourth-order valence-electron chi connectivity index (χ4n) is 2.65. The molecule has 0 amide bonds. The van der Waals surface area contributed by atoms with Gasteiger partial charge >= 0.3 is 0 Å². The molecule has 0 aromatic carbocycles. The summed E-state index contributed by atoms with van der Waals surface area (Å²) in [6.07, 6.45) is 9.89. The molecular formula is C13H26N2. The first-order chi connectivity index (χ1) is 7.36. The highest BCUT2D eigenvalue weighted by atomic mass is 15.2. The number of hydrogen-bond donors (Lipinski definition) is 1. The lowest BCUT2D eigenvalue weighted by atomic mass is 9.93. The summed E-state index contributed by atoms with van der Waals surface area (Å²) in [6, 6.07) is 1.65. The molecule has 1 saturated heterocycles. The van der Waals surface area contributed by atoms with Gasteiger partial charge in [-0.1, -0.05) is 12.8 Å². The quantitative estimate of drug-likeness (QED) is 0.749. The molecule has 2 heteroatoms. The number of likely N-dealkylation sites (tertiary alicyclic amines) is 1. The SMILES string of the molecule is CC(CCNC1CCC1)N1CCCCC1. The molecule has 0 bridgehead atoms. The molecule has 1 aliphatic carbocycles. The maximum absolute atomic E-state index is 3.66. The molecule has 1 atom stereocenters. The van der Waals surface area contributed by atoms with Crippen LogP contribution < -0.4 is 5.32 Å². The molecule has 2 aliphatic rings. The first-order valence-corrected chi connectivity index (χ1v) is 6.83. The maximum Gasteiger partial charge on any atom is 0.00790 e. The summed E-state index contributed by atoms with van der Waals surface area (Å²) >= 11 is 0. The lowest BCUT2D eigenvalue weighted by Crippen LogP contribution is -2.41. The molecule has 1 unspecified atom stereocenters. The van der Waals surface area contributed by atoms with Crippen molar-refractivity contribution in [2.75, 3.05) is 19.6 Å². The highest BCUT2D eigenvalue weighted by Gasteiger charge is 2.18. The fourth-order valence-corrected chi connectivity index (χ4v) is 2.65. The van der Waals surface area contributed by atoms with Crippen LogP contribution in [0.3, 0.4) is 0 Å². The topological polar surface area (TPSA) is 15.3 Å². The molecule has 0 aromatic heterocycles. The zero-order valence-corrected chi connectivity index (χ0v) is 10.2. The predicted octanol–water partition coefficient (Wildman–Crippen LogP) is 2.39. The Labute approximate surface area is 94.4 Å². The normalized spacial score (nSPS) is 26.2. The molecular weight excluding hydrogens is 184 g/mol. The average Bonchev–Trinajstić information content (AvgIpc) is 2.23. The third-order valence-electron chi connectivity index (χ3n) is 4.11. The van der Waals surface area contributed by atoms with E-state index in [4.69, 9.17) is 0 Å². The van der Waals surface area contributed by atoms with Crippen LogP contribution in [-0.2, 0) is 0 Å². The zero-order chi connectivity index (χ0) is 10.5. The van der Waals surface area contributed by atoms with Crippen LogP contribution in [0, 0.1) is 0 Å². The number of rotatable bonds is 5. The maximum atomic E-state index is 3.66. The molecule has 1 heterocycles. The van der Waals surface area contributed by atoms with E-state index in [0.717, 1.165) is 12.1 Å². The second-order valence-electron chi connectivity index (χ2n) is 5.32. The predicted molar refractivity (Wildman–Crippen MR) is 65.1 cm³/mol. The van der Waals surface area contributed by atoms with Crippen LogP contribution in [0.5, 0.6) is 0 Å². The highest BCUT2D eigenvalue weighted by molar-refractivity contribution is 4.78. The van der Waals surface area contributed by atoms with Gasteiger partial charge in [0.2, 0.25) is 0 Å². The van der Waals surface area contributed by atoms with Crippen molar-refractivity contribution in [3.63, 3.8) is 0 Å². The lowest BCUT2D eigenvalue weighted by Gasteiger charge is -2.33. The first kappa shape index (κ1) is 11.4. The highest BCUT2D eigenvalue weighted by Crippen LogP contribution is 2.18. The summed E-state index contributed by atoms with van der Waals surface area (Å²) < 4.78 is 0. The summed E-state index contributed by atoms with van der Waals surface area (Å²) in [4.78, 5) is 2.67. The molecule has 1 N–H and O–H groups in total. The second-order valence-corrected chi connectivity index (χ2v) is 5.32. The van der Waals surface area contributed by atoms with E-state index < -0.39 is 0 Å². The monoisotopic (exact) mass is 210 g/mol. The van der Waals surface area contributed by atoms with Crippen molar-refractivity contribution < 1.29 is 0 Å². The van der Waals surface area contributed by atoms with E-state index >= 15 is 0 Å². The van der Waals surface area contributed by atoms with Crippen molar-refractivity contribution in [3.05, 3.63) is 0 Å². The third kappa shape index (κ3) is 3.46. The Morgan fingerprint density at radius 3 is 2.47 bits per heavy atom. The molecule has 0 spiro atoms. The van der Waals surface area contributed by atoms with Gasteiger partial charge < -0.3 is 10.2 Å². The van der Waals surface area contributed by atoms with E-state index in [1.54, 1.807) is 0 Å². The Morgan fingerprint density at radius 2 is 1.87 bits per heavy atom. The minimum Gasteiger partial charge on any atom is -0.314 e. The standard InChI is InChI=1S/C13H26N2/c1-12(15-10-3-2-4-11-15)8-9-14-13-6-5-7-13/h12-14H,2-11H2,1H3. The van der Waals surface area contributed by atoms with Gasteiger partial charge in [-0.05, 0) is 58.7 Å². The molecule has 88 valence electrons. The number of nitrogens with one attached hydrogen (secondary N) is 1. The van der Waals surface area contributed by atoms with Gasteiger partial charge in [-0.3, -0.25) is 0 Å². The van der Waals surface area contributed by atoms with Crippen molar-refractivity contribution in [1.29, 1.82) is 0 Å². The van der Waals surface area contributed by atoms with Gasteiger partial charge in [0.05, 0.1) is 0 Å². The van der Waals surface area contributed by atoms with E-state index in [1.165, 1.54) is 64.6 Å². The average molecular weight is 210 g/mol. The Hall–Kier alpha value is -0.0800. The van der Waals surface area contributed by atoms with Gasteiger partial charge in [0.25, 0.3) is 0 Å². The molecule has 2 nitrogen and oxygen atoms in total. The van der Waals surface area contributed by atoms with Crippen LogP contribution in [0.1, 0.15) is 51.9 Å². The van der Waals surface area contributed by atoms with E-state index in [2.05, 4.69) is 17.1 Å². The van der Waals surface area contributed by atoms with Crippen molar-refractivity contribution in [3.8, 4) is 0 Å². The van der Waals surface area contributed by atoms with Crippen LogP contribution in [0.15, 0.2) is 0 Å². The molecule has 2 fully saturated rings. The minimum absolute atomic E-state index is 0.790. The summed E-state index contributed by atoms with van der Waals surface area (Å²) in [6.45, 7) is 6.30. The summed E-state index contributed by atoms with van der Waals surface area (Å²) in [7, 11) is 0. The van der Waals surface area contributed by atoms with E-state index in [1.807, 2.05) is 0 Å². The summed E-state index contributed by atoms with van der Waals surface area (Å²) in [5.41, 5.74) is 0. The lowest BCUT2D eigenvalue weighted by molar-refractivity contribution is 0.163. The summed E-state index contributed by atoms with van der Waals surface area (Å²) in [5, 5.41) is 3.66. The smallest absolute Gasteiger partial charge is 0.00790 e. The van der Waals surface area contributed by atoms with E-state index in [9.17, 15) is 0 Å². The number of hydrogen-bond acceptors (Lipinski definition) is 2. The van der Waals surface area contributed by atoms with Gasteiger partial charge in [-0.25, -0.2) is 0 Å². The van der Waals surface area contributed by atoms with Gasteiger partial charge in [0.1, 0.15) is 0 Å². The number of nitrogens with zero attached hydrogens (tertiary/aromatic N) is 1. The summed E-state index contributed by atoms with van der Waals surface area (Å²) in [5.74, 6) is 0. The fraction of sp³-hybridized carbons (Fsp3) is 1.00. The first-order valence-electron chi connectivity index (χ1n) is 6.83. The van der Waals surface area contributed by atoms with Gasteiger partial charge in [-0.2, -0.15) is 0 Å². The zero-order valence-electron chi connectivity index (χ0n) is 10.2. The molecule has 1 aliphatic heterocycles. The Bertz CT molecular complexity index is 171. The Kier molecular flexibility index (Phi) is 4.45. The molecule has 15 heavy (non-hydrogen) atoms. The van der Waals surface area contributed by atoms with Crippen LogP contribution in [0.2, 0.25) is 0 Å². The second kappa shape index (κ2) is 5.86. The molecule has 1 saturated carbocycles. The van der Waals surface area contributed by atoms with Crippen LogP contribution in [0.4, 0.5) is 0 Å². The van der Waals surface area contributed by atoms with Crippen molar-refractivity contribution in [1.82, 2.24) is 10.2 Å². The minimum atomic E-state index is 0.790. The van der Waals surface area contributed by atoms with Gasteiger partial charge in [0, 0.05) is 12.1 Å². The third-order valence-corrected chi connectivity index (χ3v) is 4.11. The van der Waals surface area contributed by atoms with Crippen LogP contribution >= 0.6 is 0 Å². The van der Waals surface area contributed by atoms with Crippen molar-refractivity contribution in [2.24, 2.45) is 0 Å². The molecule has 0 radical (unpaired) electrons. The Balaban J connectivity index is 1.56. The van der Waals surface area contributed by atoms with E-state index in [0.29, 0.717) is 0 Å². The largest absolute Gasteiger partial charge is 0.314 e. The van der Waals surface area contributed by atoms with Crippen LogP contribution in [-0.4, -0.2) is 36.6 Å². The van der Waals surface area contributed by atoms with E-state index in [-0.39, 0.29) is 0 Å². The number of piperidine rings is 1. The molecule has 2 rings (SSSR count). The van der Waals surface area contributed by atoms with Gasteiger partial charge in [0.15, 0.2) is 0 Å². The Morgan fingerprint density at radius 1 is 1.13 bits per heavy atom. The van der Waals surface area contributed by atoms with Crippen LogP contribution in [0.25, 0.3) is 0 Å². The van der Waals surface area contributed by atoms with Gasteiger partial charge in [-0.15, -0.1) is 0 Å². The van der Waals surface area contributed by atoms with Crippen molar-refractivity contribution in [2.45, 2.75) is 64.0 Å².